The first-order valence-corrected chi connectivity index (χ1v) is 4.48. The topological polar surface area (TPSA) is 161 Å². The highest BCUT2D eigenvalue weighted by Gasteiger charge is 2.35. The molecule has 0 radical (unpaired) electrons. The molecule has 0 aliphatic rings. The second kappa shape index (κ2) is 6.63. The molecule has 0 aromatic heterocycles. The first-order valence-electron chi connectivity index (χ1n) is 4.48. The number of aliphatic hydroxyl groups excluding tert-OH is 5. The van der Waals surface area contributed by atoms with Gasteiger partial charge in [0.25, 0.3) is 0 Å². The highest BCUT2D eigenvalue weighted by molar-refractivity contribution is 6.40. The van der Waals surface area contributed by atoms with E-state index in [9.17, 15) is 9.59 Å². The second-order valence-electron chi connectivity index (χ2n) is 3.17. The molecule has 4 atom stereocenters. The number of ketones is 2. The molecule has 94 valence electrons. The average molecular weight is 237 g/mol. The van der Waals surface area contributed by atoms with Crippen LogP contribution in [0.4, 0.5) is 0 Å². The van der Waals surface area contributed by atoms with E-state index in [0.717, 1.165) is 0 Å². The van der Waals surface area contributed by atoms with E-state index < -0.39 is 49.1 Å². The fourth-order valence-electron chi connectivity index (χ4n) is 0.870. The molecule has 4 unspecified atom stereocenters. The Bertz CT molecular complexity index is 231. The molecule has 0 rings (SSSR count). The van der Waals surface area contributed by atoms with Crippen molar-refractivity contribution in [3.63, 3.8) is 0 Å². The Morgan fingerprint density at radius 2 is 1.31 bits per heavy atom. The maximum Gasteiger partial charge on any atom is 0.232 e. The van der Waals surface area contributed by atoms with E-state index in [2.05, 4.69) is 0 Å². The van der Waals surface area contributed by atoms with Gasteiger partial charge in [0, 0.05) is 6.54 Å². The number of nitrogens with two attached hydrogens (primary N) is 1. The molecule has 0 aliphatic carbocycles. The Labute approximate surface area is 90.9 Å². The van der Waals surface area contributed by atoms with Gasteiger partial charge in [0.1, 0.15) is 18.3 Å². The van der Waals surface area contributed by atoms with Gasteiger partial charge in [-0.15, -0.1) is 0 Å². The lowest BCUT2D eigenvalue weighted by Crippen LogP contribution is -2.48. The number of Topliss-reactive ketones (excluding diaryl/α,β-unsaturated/α-hetero) is 2. The Balaban J connectivity index is 4.55. The average Bonchev–Trinajstić information content (AvgIpc) is 2.32. The molecule has 0 amide bonds. The van der Waals surface area contributed by atoms with Crippen molar-refractivity contribution in [3.8, 4) is 0 Å². The Kier molecular flexibility index (Phi) is 6.26. The van der Waals surface area contributed by atoms with Crippen LogP contribution in [0.15, 0.2) is 0 Å². The molecular formula is C8H15NO7. The molecule has 0 aliphatic heterocycles. The lowest BCUT2D eigenvalue weighted by atomic mass is 10.00. The van der Waals surface area contributed by atoms with Crippen molar-refractivity contribution in [1.29, 1.82) is 0 Å². The Morgan fingerprint density at radius 1 is 0.938 bits per heavy atom. The van der Waals surface area contributed by atoms with Gasteiger partial charge in [-0.3, -0.25) is 9.59 Å². The summed E-state index contributed by atoms with van der Waals surface area (Å²) in [5.41, 5.74) is 4.95. The van der Waals surface area contributed by atoms with Crippen LogP contribution in [0.3, 0.4) is 0 Å². The van der Waals surface area contributed by atoms with Gasteiger partial charge in [-0.1, -0.05) is 0 Å². The fourth-order valence-corrected chi connectivity index (χ4v) is 0.870. The Hall–Kier alpha value is -0.900. The first kappa shape index (κ1) is 15.1. The van der Waals surface area contributed by atoms with Crippen molar-refractivity contribution in [3.05, 3.63) is 0 Å². The van der Waals surface area contributed by atoms with Crippen LogP contribution >= 0.6 is 0 Å². The van der Waals surface area contributed by atoms with Crippen LogP contribution in [-0.2, 0) is 9.59 Å². The number of aliphatic hydroxyl groups is 5. The molecule has 16 heavy (non-hydrogen) atoms. The minimum atomic E-state index is -2.14. The summed E-state index contributed by atoms with van der Waals surface area (Å²) in [6.07, 6.45) is -7.65. The van der Waals surface area contributed by atoms with Crippen LogP contribution in [0, 0.1) is 0 Å². The van der Waals surface area contributed by atoms with E-state index in [1.165, 1.54) is 0 Å². The van der Waals surface area contributed by atoms with E-state index in [-0.39, 0.29) is 0 Å². The van der Waals surface area contributed by atoms with Gasteiger partial charge < -0.3 is 31.3 Å². The van der Waals surface area contributed by atoms with Gasteiger partial charge in [-0.25, -0.2) is 0 Å². The standard InChI is InChI=1S/C8H15NO7/c9-1-3(11)5(13)7(15)8(16)6(14)4(12)2-10/h3-6,10-14H,1-2,9H2. The third kappa shape index (κ3) is 3.59. The Morgan fingerprint density at radius 3 is 1.62 bits per heavy atom. The molecule has 0 aromatic carbocycles. The summed E-state index contributed by atoms with van der Waals surface area (Å²) in [5, 5.41) is 44.4. The lowest BCUT2D eigenvalue weighted by molar-refractivity contribution is -0.153. The summed E-state index contributed by atoms with van der Waals surface area (Å²) in [4.78, 5) is 22.3. The quantitative estimate of drug-likeness (QED) is 0.241. The lowest BCUT2D eigenvalue weighted by Gasteiger charge is -2.17. The predicted molar refractivity (Wildman–Crippen MR) is 50.2 cm³/mol. The highest BCUT2D eigenvalue weighted by atomic mass is 16.4. The number of hydrogen-bond donors (Lipinski definition) is 6. The zero-order valence-electron chi connectivity index (χ0n) is 8.35. The molecule has 0 fully saturated rings. The van der Waals surface area contributed by atoms with Crippen molar-refractivity contribution in [2.24, 2.45) is 5.73 Å². The van der Waals surface area contributed by atoms with Crippen molar-refractivity contribution in [1.82, 2.24) is 0 Å². The molecule has 0 saturated heterocycles. The molecule has 0 heterocycles. The van der Waals surface area contributed by atoms with Crippen LogP contribution < -0.4 is 5.73 Å². The highest BCUT2D eigenvalue weighted by Crippen LogP contribution is 2.01. The number of carbonyl (C=O) groups is 2. The maximum absolute atomic E-state index is 11.1. The summed E-state index contributed by atoms with van der Waals surface area (Å²) in [7, 11) is 0. The van der Waals surface area contributed by atoms with Gasteiger partial charge in [0.2, 0.25) is 11.6 Å². The monoisotopic (exact) mass is 237 g/mol. The fraction of sp³-hybridized carbons (Fsp3) is 0.750. The summed E-state index contributed by atoms with van der Waals surface area (Å²) in [6.45, 7) is -1.37. The molecule has 0 spiro atoms. The van der Waals surface area contributed by atoms with Crippen LogP contribution in [0.2, 0.25) is 0 Å². The molecule has 8 heteroatoms. The van der Waals surface area contributed by atoms with Crippen LogP contribution in [0.1, 0.15) is 0 Å². The third-order valence-corrected chi connectivity index (χ3v) is 1.94. The number of rotatable bonds is 7. The summed E-state index contributed by atoms with van der Waals surface area (Å²) < 4.78 is 0. The third-order valence-electron chi connectivity index (χ3n) is 1.94. The van der Waals surface area contributed by atoms with Gasteiger partial charge in [-0.05, 0) is 0 Å². The van der Waals surface area contributed by atoms with Crippen molar-refractivity contribution < 1.29 is 35.1 Å². The molecule has 8 nitrogen and oxygen atoms in total. The van der Waals surface area contributed by atoms with E-state index in [0.29, 0.717) is 0 Å². The summed E-state index contributed by atoms with van der Waals surface area (Å²) >= 11 is 0. The normalized spacial score (nSPS) is 18.6. The molecule has 0 saturated carbocycles. The van der Waals surface area contributed by atoms with Gasteiger partial charge in [0.15, 0.2) is 0 Å². The van der Waals surface area contributed by atoms with Crippen LogP contribution in [0.25, 0.3) is 0 Å². The minimum absolute atomic E-state index is 0.446. The van der Waals surface area contributed by atoms with E-state index in [4.69, 9.17) is 31.3 Å². The smallest absolute Gasteiger partial charge is 0.232 e. The van der Waals surface area contributed by atoms with Crippen molar-refractivity contribution in [2.45, 2.75) is 24.4 Å². The van der Waals surface area contributed by atoms with Crippen molar-refractivity contribution >= 4 is 11.6 Å². The minimum Gasteiger partial charge on any atom is -0.394 e. The van der Waals surface area contributed by atoms with Crippen LogP contribution in [0.5, 0.6) is 0 Å². The SMILES string of the molecule is NCC(O)C(O)C(=O)C(=O)C(O)C(O)CO. The molecule has 0 aromatic rings. The number of hydrogen-bond acceptors (Lipinski definition) is 8. The van der Waals surface area contributed by atoms with E-state index >= 15 is 0 Å². The van der Waals surface area contributed by atoms with Gasteiger partial charge in [0.05, 0.1) is 12.7 Å². The van der Waals surface area contributed by atoms with Crippen molar-refractivity contribution in [2.75, 3.05) is 13.2 Å². The molecule has 7 N–H and O–H groups in total. The predicted octanol–water partition coefficient (Wildman–Crippen LogP) is -4.48. The second-order valence-corrected chi connectivity index (χ2v) is 3.17. The molecule has 0 bridgehead atoms. The van der Waals surface area contributed by atoms with E-state index in [1.54, 1.807) is 0 Å². The number of carbonyl (C=O) groups excluding carboxylic acids is 2. The zero-order chi connectivity index (χ0) is 12.9. The van der Waals surface area contributed by atoms with Crippen LogP contribution in [-0.4, -0.2) is 74.7 Å². The summed E-state index contributed by atoms with van der Waals surface area (Å²) in [6, 6.07) is 0. The molecular weight excluding hydrogens is 222 g/mol. The summed E-state index contributed by atoms with van der Waals surface area (Å²) in [5.74, 6) is -2.97. The van der Waals surface area contributed by atoms with E-state index in [1.807, 2.05) is 0 Å². The largest absolute Gasteiger partial charge is 0.394 e. The van der Waals surface area contributed by atoms with Gasteiger partial charge in [-0.2, -0.15) is 0 Å². The maximum atomic E-state index is 11.1. The first-order chi connectivity index (χ1) is 7.36. The van der Waals surface area contributed by atoms with Gasteiger partial charge >= 0.3 is 0 Å². The zero-order valence-corrected chi connectivity index (χ0v) is 8.35.